The van der Waals surface area contributed by atoms with E-state index in [-0.39, 0.29) is 5.97 Å². The second kappa shape index (κ2) is 9.32. The van der Waals surface area contributed by atoms with E-state index in [1.165, 1.54) is 0 Å². The SMILES string of the molecule is CCCCOC(=O)c1ccc(Nc2cc(N3CCN(C)CC3)ncn2)cc1. The van der Waals surface area contributed by atoms with E-state index in [2.05, 4.69) is 39.1 Å². The summed E-state index contributed by atoms with van der Waals surface area (Å²) in [7, 11) is 2.13. The minimum absolute atomic E-state index is 0.283. The van der Waals surface area contributed by atoms with E-state index < -0.39 is 0 Å². The average molecular weight is 369 g/mol. The van der Waals surface area contributed by atoms with Crippen LogP contribution in [0, 0.1) is 0 Å². The van der Waals surface area contributed by atoms with Crippen LogP contribution < -0.4 is 10.2 Å². The number of nitrogens with zero attached hydrogens (tertiary/aromatic N) is 4. The highest BCUT2D eigenvalue weighted by Crippen LogP contribution is 2.20. The number of anilines is 3. The zero-order valence-corrected chi connectivity index (χ0v) is 16.0. The lowest BCUT2D eigenvalue weighted by Crippen LogP contribution is -2.44. The number of hydrogen-bond acceptors (Lipinski definition) is 7. The predicted octanol–water partition coefficient (Wildman–Crippen LogP) is 2.93. The lowest BCUT2D eigenvalue weighted by molar-refractivity contribution is 0.0500. The van der Waals surface area contributed by atoms with E-state index in [1.807, 2.05) is 18.2 Å². The van der Waals surface area contributed by atoms with E-state index in [0.29, 0.717) is 12.2 Å². The first kappa shape index (κ1) is 19.1. The van der Waals surface area contributed by atoms with Gasteiger partial charge in [0.25, 0.3) is 0 Å². The molecule has 2 heterocycles. The quantitative estimate of drug-likeness (QED) is 0.594. The second-order valence-electron chi connectivity index (χ2n) is 6.74. The Morgan fingerprint density at radius 2 is 1.89 bits per heavy atom. The Kier molecular flexibility index (Phi) is 6.59. The Hall–Kier alpha value is -2.67. The molecule has 1 aromatic heterocycles. The maximum Gasteiger partial charge on any atom is 0.338 e. The summed E-state index contributed by atoms with van der Waals surface area (Å²) in [5, 5.41) is 3.27. The van der Waals surface area contributed by atoms with Gasteiger partial charge < -0.3 is 19.9 Å². The van der Waals surface area contributed by atoms with E-state index in [4.69, 9.17) is 4.74 Å². The molecule has 144 valence electrons. The third kappa shape index (κ3) is 5.40. The molecular formula is C20H27N5O2. The molecule has 0 atom stereocenters. The van der Waals surface area contributed by atoms with Crippen LogP contribution in [-0.2, 0) is 4.74 Å². The second-order valence-corrected chi connectivity index (χ2v) is 6.74. The number of carbonyl (C=O) groups excluding carboxylic acids is 1. The maximum absolute atomic E-state index is 12.0. The summed E-state index contributed by atoms with van der Waals surface area (Å²) >= 11 is 0. The van der Waals surface area contributed by atoms with Gasteiger partial charge in [0.2, 0.25) is 0 Å². The molecule has 0 saturated carbocycles. The molecule has 7 heteroatoms. The molecule has 0 amide bonds. The van der Waals surface area contributed by atoms with Crippen molar-refractivity contribution in [3.05, 3.63) is 42.2 Å². The molecule has 0 aliphatic carbocycles. The van der Waals surface area contributed by atoms with Crippen LogP contribution in [0.1, 0.15) is 30.1 Å². The molecule has 0 spiro atoms. The van der Waals surface area contributed by atoms with Crippen molar-refractivity contribution in [1.82, 2.24) is 14.9 Å². The third-order valence-corrected chi connectivity index (χ3v) is 4.60. The minimum Gasteiger partial charge on any atom is -0.462 e. The van der Waals surface area contributed by atoms with Crippen LogP contribution in [0.3, 0.4) is 0 Å². The summed E-state index contributed by atoms with van der Waals surface area (Å²) in [4.78, 5) is 25.2. The molecule has 0 bridgehead atoms. The number of piperazine rings is 1. The Morgan fingerprint density at radius 1 is 1.15 bits per heavy atom. The number of rotatable bonds is 7. The Bertz CT molecular complexity index is 742. The summed E-state index contributed by atoms with van der Waals surface area (Å²) in [6.45, 7) is 6.51. The molecule has 7 nitrogen and oxygen atoms in total. The van der Waals surface area contributed by atoms with Crippen LogP contribution in [-0.4, -0.2) is 60.7 Å². The van der Waals surface area contributed by atoms with Crippen LogP contribution in [0.5, 0.6) is 0 Å². The maximum atomic E-state index is 12.0. The summed E-state index contributed by atoms with van der Waals surface area (Å²) in [5.41, 5.74) is 1.42. The Morgan fingerprint density at radius 3 is 2.59 bits per heavy atom. The fourth-order valence-corrected chi connectivity index (χ4v) is 2.85. The van der Waals surface area contributed by atoms with Gasteiger partial charge in [0.05, 0.1) is 12.2 Å². The number of carbonyl (C=O) groups is 1. The van der Waals surface area contributed by atoms with Crippen molar-refractivity contribution in [3.63, 3.8) is 0 Å². The standard InChI is InChI=1S/C20H27N5O2/c1-3-4-13-27-20(26)16-5-7-17(8-6-16)23-18-14-19(22-15-21-18)25-11-9-24(2)10-12-25/h5-8,14-15H,3-4,9-13H2,1-2H3,(H,21,22,23). The van der Waals surface area contributed by atoms with Gasteiger partial charge in [-0.3, -0.25) is 0 Å². The number of ether oxygens (including phenoxy) is 1. The summed E-state index contributed by atoms with van der Waals surface area (Å²) in [6, 6.07) is 9.19. The van der Waals surface area contributed by atoms with Crippen molar-refractivity contribution in [2.24, 2.45) is 0 Å². The Labute approximate surface area is 160 Å². The number of unbranched alkanes of at least 4 members (excludes halogenated alkanes) is 1. The topological polar surface area (TPSA) is 70.6 Å². The smallest absolute Gasteiger partial charge is 0.338 e. The van der Waals surface area contributed by atoms with E-state index in [1.54, 1.807) is 18.5 Å². The third-order valence-electron chi connectivity index (χ3n) is 4.60. The van der Waals surface area contributed by atoms with Gasteiger partial charge >= 0.3 is 5.97 Å². The molecule has 1 aliphatic heterocycles. The number of nitrogens with one attached hydrogen (secondary N) is 1. The predicted molar refractivity (Wildman–Crippen MR) is 107 cm³/mol. The van der Waals surface area contributed by atoms with Crippen molar-refractivity contribution >= 4 is 23.3 Å². The fourth-order valence-electron chi connectivity index (χ4n) is 2.85. The highest BCUT2D eigenvalue weighted by atomic mass is 16.5. The lowest BCUT2D eigenvalue weighted by atomic mass is 10.2. The van der Waals surface area contributed by atoms with Crippen LogP contribution in [0.25, 0.3) is 0 Å². The number of aromatic nitrogens is 2. The number of esters is 1. The van der Waals surface area contributed by atoms with Gasteiger partial charge in [-0.25, -0.2) is 14.8 Å². The normalized spacial score (nSPS) is 14.8. The highest BCUT2D eigenvalue weighted by Gasteiger charge is 2.15. The van der Waals surface area contributed by atoms with Crippen LogP contribution in [0.2, 0.25) is 0 Å². The molecule has 1 N–H and O–H groups in total. The van der Waals surface area contributed by atoms with Crippen molar-refractivity contribution in [1.29, 1.82) is 0 Å². The molecule has 27 heavy (non-hydrogen) atoms. The minimum atomic E-state index is -0.283. The molecule has 0 unspecified atom stereocenters. The van der Waals surface area contributed by atoms with Gasteiger partial charge in [-0.2, -0.15) is 0 Å². The average Bonchev–Trinajstić information content (AvgIpc) is 2.69. The van der Waals surface area contributed by atoms with Crippen molar-refractivity contribution in [3.8, 4) is 0 Å². The van der Waals surface area contributed by atoms with Crippen LogP contribution in [0.15, 0.2) is 36.7 Å². The molecule has 1 fully saturated rings. The Balaban J connectivity index is 1.60. The largest absolute Gasteiger partial charge is 0.462 e. The fraction of sp³-hybridized carbons (Fsp3) is 0.450. The molecular weight excluding hydrogens is 342 g/mol. The monoisotopic (exact) mass is 369 g/mol. The first-order valence-electron chi connectivity index (χ1n) is 9.45. The van der Waals surface area contributed by atoms with Gasteiger partial charge in [0.15, 0.2) is 0 Å². The van der Waals surface area contributed by atoms with Crippen molar-refractivity contribution < 1.29 is 9.53 Å². The van der Waals surface area contributed by atoms with E-state index in [9.17, 15) is 4.79 Å². The molecule has 1 aliphatic rings. The van der Waals surface area contributed by atoms with Gasteiger partial charge in [-0.1, -0.05) is 13.3 Å². The molecule has 2 aromatic rings. The van der Waals surface area contributed by atoms with E-state index >= 15 is 0 Å². The van der Waals surface area contributed by atoms with Gasteiger partial charge in [0, 0.05) is 37.9 Å². The van der Waals surface area contributed by atoms with Crippen molar-refractivity contribution in [2.75, 3.05) is 50.1 Å². The molecule has 0 radical (unpaired) electrons. The van der Waals surface area contributed by atoms with Gasteiger partial charge in [-0.05, 0) is 37.7 Å². The zero-order chi connectivity index (χ0) is 19.1. The van der Waals surface area contributed by atoms with E-state index in [0.717, 1.165) is 56.3 Å². The van der Waals surface area contributed by atoms with Crippen molar-refractivity contribution in [2.45, 2.75) is 19.8 Å². The van der Waals surface area contributed by atoms with Gasteiger partial charge in [0.1, 0.15) is 18.0 Å². The number of hydrogen-bond donors (Lipinski definition) is 1. The van der Waals surface area contributed by atoms with Gasteiger partial charge in [-0.15, -0.1) is 0 Å². The summed E-state index contributed by atoms with van der Waals surface area (Å²) < 4.78 is 5.23. The van der Waals surface area contributed by atoms with Crippen LogP contribution in [0.4, 0.5) is 17.3 Å². The first-order valence-corrected chi connectivity index (χ1v) is 9.45. The first-order chi connectivity index (χ1) is 13.2. The summed E-state index contributed by atoms with van der Waals surface area (Å²) in [5.74, 6) is 1.38. The number of benzene rings is 1. The summed E-state index contributed by atoms with van der Waals surface area (Å²) in [6.07, 6.45) is 3.47. The van der Waals surface area contributed by atoms with Crippen LogP contribution >= 0.6 is 0 Å². The number of likely N-dealkylation sites (N-methyl/N-ethyl adjacent to an activating group) is 1. The highest BCUT2D eigenvalue weighted by molar-refractivity contribution is 5.89. The molecule has 3 rings (SSSR count). The molecule has 1 aromatic carbocycles. The zero-order valence-electron chi connectivity index (χ0n) is 16.0. The lowest BCUT2D eigenvalue weighted by Gasteiger charge is -2.33. The molecule has 1 saturated heterocycles.